The van der Waals surface area contributed by atoms with E-state index in [0.717, 1.165) is 0 Å². The fourth-order valence-corrected chi connectivity index (χ4v) is 0.405. The van der Waals surface area contributed by atoms with E-state index in [1.165, 1.54) is 11.2 Å². The van der Waals surface area contributed by atoms with E-state index < -0.39 is 10.4 Å². The van der Waals surface area contributed by atoms with Gasteiger partial charge >= 0.3 is 10.4 Å². The van der Waals surface area contributed by atoms with Gasteiger partial charge in [-0.1, -0.05) is 0 Å². The average Bonchev–Trinajstić information content (AvgIpc) is 1.64. The van der Waals surface area contributed by atoms with E-state index >= 15 is 0 Å². The molecule has 0 unspecified atom stereocenters. The fourth-order valence-electron chi connectivity index (χ4n) is 0.135. The molecule has 9 heteroatoms. The smallest absolute Gasteiger partial charge is 0.247 e. The van der Waals surface area contributed by atoms with Crippen LogP contribution in [0.2, 0.25) is 0 Å². The minimum Gasteiger partial charge on any atom is -0.247 e. The lowest BCUT2D eigenvalue weighted by Gasteiger charge is -1.98. The molecule has 0 aliphatic carbocycles. The summed E-state index contributed by atoms with van der Waals surface area (Å²) in [5.41, 5.74) is 2.77. The van der Waals surface area contributed by atoms with Crippen LogP contribution in [0.5, 0.6) is 0 Å². The molecule has 0 fully saturated rings. The van der Waals surface area contributed by atoms with Crippen molar-refractivity contribution in [2.75, 3.05) is 0 Å². The molecule has 0 radical (unpaired) electrons. The number of hydrazine groups is 2. The van der Waals surface area contributed by atoms with Gasteiger partial charge in [0.25, 0.3) is 0 Å². The number of hydrogen-bond acceptors (Lipinski definition) is 8. The van der Waals surface area contributed by atoms with Gasteiger partial charge in [0.2, 0.25) is 0 Å². The zero-order valence-corrected chi connectivity index (χ0v) is 5.01. The van der Waals surface area contributed by atoms with Crippen LogP contribution in [0.4, 0.5) is 0 Å². The Morgan fingerprint density at radius 3 is 1.67 bits per heavy atom. The topological polar surface area (TPSA) is 129 Å². The highest BCUT2D eigenvalue weighted by Crippen LogP contribution is 1.84. The fraction of sp³-hybridized carbons (Fsp3) is 0. The van der Waals surface area contributed by atoms with Crippen LogP contribution in [-0.2, 0) is 19.0 Å². The van der Waals surface area contributed by atoms with Gasteiger partial charge in [0.1, 0.15) is 0 Å². The second-order valence-corrected chi connectivity index (χ2v) is 1.96. The van der Waals surface area contributed by atoms with Crippen LogP contribution >= 0.6 is 0 Å². The first kappa shape index (κ1) is 8.71. The predicted octanol–water partition coefficient (Wildman–Crippen LogP) is -2.98. The standard InChI is InChI=1S/H6N4O4S/c1-3-7-9(5,6)8-4-2/h3-4H,1-2H2. The molecule has 9 heavy (non-hydrogen) atoms. The minimum absolute atomic E-state index is 1.38. The maximum Gasteiger partial charge on any atom is 0.434 e. The molecule has 0 atom stereocenters. The van der Waals surface area contributed by atoms with Gasteiger partial charge in [-0.2, -0.15) is 8.42 Å². The molecule has 6 N–H and O–H groups in total. The molecule has 8 nitrogen and oxygen atoms in total. The number of hydrogen-bond donors (Lipinski definition) is 4. The van der Waals surface area contributed by atoms with Crippen molar-refractivity contribution in [3.63, 3.8) is 0 Å². The van der Waals surface area contributed by atoms with Gasteiger partial charge < -0.3 is 0 Å². The first-order valence-corrected chi connectivity index (χ1v) is 2.99. The van der Waals surface area contributed by atoms with Gasteiger partial charge in [-0.25, -0.2) is 11.7 Å². The average molecular weight is 158 g/mol. The van der Waals surface area contributed by atoms with E-state index in [1.54, 1.807) is 0 Å². The Labute approximate surface area is 51.3 Å². The Hall–Kier alpha value is -0.290. The highest BCUT2D eigenvalue weighted by molar-refractivity contribution is 7.81. The van der Waals surface area contributed by atoms with Crippen molar-refractivity contribution >= 4 is 10.4 Å². The summed E-state index contributed by atoms with van der Waals surface area (Å²) < 4.78 is 27.4. The summed E-state index contributed by atoms with van der Waals surface area (Å²) in [5.74, 6) is 8.89. The third-order valence-electron chi connectivity index (χ3n) is 0.300. The zero-order chi connectivity index (χ0) is 7.33. The molecular weight excluding hydrogens is 152 g/mol. The van der Waals surface area contributed by atoms with E-state index in [4.69, 9.17) is 0 Å². The Bertz CT molecular complexity index is 136. The van der Waals surface area contributed by atoms with E-state index in [0.29, 0.717) is 0 Å². The maximum absolute atomic E-state index is 10.1. The Balaban J connectivity index is 3.73. The van der Waals surface area contributed by atoms with Crippen LogP contribution in [-0.4, -0.2) is 8.42 Å². The molecule has 0 aromatic carbocycles. The molecule has 0 spiro atoms. The molecule has 56 valence electrons. The Kier molecular flexibility index (Phi) is 3.56. The molecule has 0 aliphatic heterocycles. The molecule has 0 aromatic heterocycles. The van der Waals surface area contributed by atoms with Crippen molar-refractivity contribution in [3.05, 3.63) is 0 Å². The first-order chi connectivity index (χ1) is 4.12. The quantitative estimate of drug-likeness (QED) is 0.252. The van der Waals surface area contributed by atoms with Gasteiger partial charge in [-0.05, 0) is 0 Å². The summed E-state index contributed by atoms with van der Waals surface area (Å²) in [5, 5.41) is 0. The third kappa shape index (κ3) is 4.23. The van der Waals surface area contributed by atoms with Gasteiger partial charge in [0.05, 0.1) is 0 Å². The summed E-state index contributed by atoms with van der Waals surface area (Å²) in [6.07, 6.45) is 0. The zero-order valence-electron chi connectivity index (χ0n) is 4.20. The number of nitrogens with one attached hydrogen (secondary N) is 2. The van der Waals surface area contributed by atoms with Gasteiger partial charge in [-0.15, -0.1) is 19.7 Å². The van der Waals surface area contributed by atoms with E-state index in [1.807, 2.05) is 0 Å². The molecule has 0 rings (SSSR count). The molecular formula is H6N4O4S. The first-order valence-electron chi connectivity index (χ1n) is 1.65. The third-order valence-corrected chi connectivity index (χ3v) is 0.901. The summed E-state index contributed by atoms with van der Waals surface area (Å²) in [6.45, 7) is 0. The van der Waals surface area contributed by atoms with Gasteiger partial charge in [0, 0.05) is 0 Å². The van der Waals surface area contributed by atoms with Gasteiger partial charge in [-0.3, -0.25) is 0 Å². The summed E-state index contributed by atoms with van der Waals surface area (Å²) in [7, 11) is -4.15. The molecule has 0 saturated carbocycles. The maximum atomic E-state index is 10.1. The lowest BCUT2D eigenvalue weighted by atomic mass is 12.8. The lowest BCUT2D eigenvalue weighted by Crippen LogP contribution is -2.33. The monoisotopic (exact) mass is 158 g/mol. The Morgan fingerprint density at radius 1 is 1.11 bits per heavy atom. The molecule has 0 aliphatic rings. The summed E-state index contributed by atoms with van der Waals surface area (Å²) >= 11 is 0. The van der Waals surface area contributed by atoms with Crippen LogP contribution < -0.4 is 22.9 Å². The van der Waals surface area contributed by atoms with Crippen molar-refractivity contribution < 1.29 is 17.0 Å². The molecule has 0 saturated heterocycles. The second kappa shape index (κ2) is 3.68. The lowest BCUT2D eigenvalue weighted by molar-refractivity contribution is 0.113. The molecule has 0 bridgehead atoms. The normalized spacial score (nSPS) is 11.8. The van der Waals surface area contributed by atoms with E-state index in [9.17, 15) is 8.42 Å². The van der Waals surface area contributed by atoms with Gasteiger partial charge in [0.15, 0.2) is 0 Å². The van der Waals surface area contributed by atoms with Crippen LogP contribution in [0.1, 0.15) is 0 Å². The van der Waals surface area contributed by atoms with Crippen molar-refractivity contribution in [1.82, 2.24) is 11.2 Å². The van der Waals surface area contributed by atoms with E-state index in [-0.39, 0.29) is 0 Å². The largest absolute Gasteiger partial charge is 0.434 e. The summed E-state index contributed by atoms with van der Waals surface area (Å²) in [4.78, 5) is 0. The molecule has 0 heterocycles. The minimum atomic E-state index is -4.15. The Morgan fingerprint density at radius 2 is 1.44 bits per heavy atom. The molecule has 0 amide bonds. The second-order valence-electron chi connectivity index (χ2n) is 0.811. The SMILES string of the molecule is NNOS(=O)(=O)ONN. The van der Waals surface area contributed by atoms with Crippen LogP contribution in [0, 0.1) is 0 Å². The van der Waals surface area contributed by atoms with Crippen LogP contribution in [0.3, 0.4) is 0 Å². The van der Waals surface area contributed by atoms with E-state index in [2.05, 4.69) is 20.3 Å². The van der Waals surface area contributed by atoms with Crippen molar-refractivity contribution in [2.24, 2.45) is 11.7 Å². The molecule has 0 aromatic rings. The van der Waals surface area contributed by atoms with Crippen LogP contribution in [0.15, 0.2) is 0 Å². The predicted molar refractivity (Wildman–Crippen MR) is 25.7 cm³/mol. The number of nitrogens with two attached hydrogens (primary N) is 2. The van der Waals surface area contributed by atoms with Crippen LogP contribution in [0.25, 0.3) is 0 Å². The highest BCUT2D eigenvalue weighted by atomic mass is 32.3. The number of rotatable bonds is 4. The summed E-state index contributed by atoms with van der Waals surface area (Å²) in [6, 6.07) is 0. The van der Waals surface area contributed by atoms with Crippen molar-refractivity contribution in [1.29, 1.82) is 0 Å². The highest BCUT2D eigenvalue weighted by Gasteiger charge is 2.09. The van der Waals surface area contributed by atoms with Crippen molar-refractivity contribution in [2.45, 2.75) is 0 Å². The van der Waals surface area contributed by atoms with Crippen molar-refractivity contribution in [3.8, 4) is 0 Å².